The number of hydrogen-bond donors (Lipinski definition) is 2. The van der Waals surface area contributed by atoms with Gasteiger partial charge in [-0.25, -0.2) is 4.79 Å². The largest absolute Gasteiger partial charge is 0.449 e. The first-order chi connectivity index (χ1) is 12.5. The summed E-state index contributed by atoms with van der Waals surface area (Å²) >= 11 is 8.34. The molecule has 0 saturated heterocycles. The number of benzene rings is 2. The van der Waals surface area contributed by atoms with E-state index in [4.69, 9.17) is 22.1 Å². The molecule has 1 amide bonds. The minimum absolute atomic E-state index is 0.0735. The first kappa shape index (κ1) is 22.0. The standard InChI is InChI=1S/C21H25ClINO3/c1-20(2,3)21(13-27-19(24)26,15-7-9-17(23)10-8-15)12-18(25)14-5-4-6-16(22)11-14/h4-11,18,25H,12-13H2,1-3H3,(H2,24,26)/t18-,21?/m1/s1. The topological polar surface area (TPSA) is 72.5 Å². The Morgan fingerprint density at radius 2 is 1.85 bits per heavy atom. The third kappa shape index (κ3) is 5.36. The fraction of sp³-hybridized carbons (Fsp3) is 0.381. The van der Waals surface area contributed by atoms with Crippen molar-refractivity contribution in [2.45, 2.75) is 38.7 Å². The Morgan fingerprint density at radius 1 is 1.22 bits per heavy atom. The first-order valence-corrected chi connectivity index (χ1v) is 10.1. The number of primary amides is 1. The Bertz CT molecular complexity index is 789. The van der Waals surface area contributed by atoms with Gasteiger partial charge >= 0.3 is 6.09 Å². The molecule has 146 valence electrons. The van der Waals surface area contributed by atoms with Crippen LogP contribution in [0.4, 0.5) is 4.79 Å². The summed E-state index contributed by atoms with van der Waals surface area (Å²) in [7, 11) is 0. The molecule has 27 heavy (non-hydrogen) atoms. The van der Waals surface area contributed by atoms with Gasteiger partial charge in [0.1, 0.15) is 6.61 Å². The third-order valence-corrected chi connectivity index (χ3v) is 6.02. The minimum Gasteiger partial charge on any atom is -0.449 e. The molecule has 6 heteroatoms. The van der Waals surface area contributed by atoms with Crippen molar-refractivity contribution in [3.8, 4) is 0 Å². The summed E-state index contributed by atoms with van der Waals surface area (Å²) in [6.45, 7) is 6.28. The van der Waals surface area contributed by atoms with Crippen molar-refractivity contribution in [1.29, 1.82) is 0 Å². The van der Waals surface area contributed by atoms with Crippen LogP contribution in [0.1, 0.15) is 44.4 Å². The monoisotopic (exact) mass is 501 g/mol. The number of aliphatic hydroxyl groups is 1. The molecule has 2 aromatic carbocycles. The number of carbonyl (C=O) groups is 1. The molecule has 0 bridgehead atoms. The molecule has 0 aliphatic carbocycles. The molecule has 0 aliphatic heterocycles. The fourth-order valence-electron chi connectivity index (χ4n) is 3.34. The van der Waals surface area contributed by atoms with Crippen LogP contribution >= 0.6 is 34.2 Å². The number of rotatable bonds is 6. The van der Waals surface area contributed by atoms with Crippen molar-refractivity contribution in [2.75, 3.05) is 6.61 Å². The average molecular weight is 502 g/mol. The molecule has 3 N–H and O–H groups in total. The van der Waals surface area contributed by atoms with E-state index in [1.165, 1.54) is 0 Å². The lowest BCUT2D eigenvalue weighted by Crippen LogP contribution is -2.46. The van der Waals surface area contributed by atoms with Gasteiger partial charge < -0.3 is 15.6 Å². The Hall–Kier alpha value is -1.31. The zero-order valence-electron chi connectivity index (χ0n) is 15.7. The molecule has 0 aliphatic rings. The van der Waals surface area contributed by atoms with Gasteiger partial charge in [0.25, 0.3) is 0 Å². The highest BCUT2D eigenvalue weighted by atomic mass is 127. The Morgan fingerprint density at radius 3 is 2.37 bits per heavy atom. The van der Waals surface area contributed by atoms with Gasteiger partial charge in [0.05, 0.1) is 6.10 Å². The van der Waals surface area contributed by atoms with Crippen LogP contribution in [-0.2, 0) is 10.2 Å². The molecule has 2 aromatic rings. The molecule has 0 heterocycles. The molecular weight excluding hydrogens is 477 g/mol. The number of carbonyl (C=O) groups excluding carboxylic acids is 1. The summed E-state index contributed by atoms with van der Waals surface area (Å²) in [5.74, 6) is 0. The van der Waals surface area contributed by atoms with E-state index >= 15 is 0 Å². The van der Waals surface area contributed by atoms with Crippen LogP contribution in [0.3, 0.4) is 0 Å². The second kappa shape index (κ2) is 8.80. The van der Waals surface area contributed by atoms with Crippen molar-refractivity contribution in [3.05, 3.63) is 68.3 Å². The van der Waals surface area contributed by atoms with Crippen LogP contribution in [0.15, 0.2) is 48.5 Å². The smallest absolute Gasteiger partial charge is 0.404 e. The van der Waals surface area contributed by atoms with Gasteiger partial charge in [0, 0.05) is 14.0 Å². The number of aliphatic hydroxyl groups excluding tert-OH is 1. The van der Waals surface area contributed by atoms with E-state index in [1.54, 1.807) is 12.1 Å². The van der Waals surface area contributed by atoms with Crippen LogP contribution in [0.5, 0.6) is 0 Å². The lowest BCUT2D eigenvalue weighted by Gasteiger charge is -2.46. The second-order valence-electron chi connectivity index (χ2n) is 7.72. The predicted molar refractivity (Wildman–Crippen MR) is 117 cm³/mol. The minimum atomic E-state index is -0.827. The molecule has 2 atom stereocenters. The molecule has 0 saturated carbocycles. The summed E-state index contributed by atoms with van der Waals surface area (Å²) in [5.41, 5.74) is 6.00. The van der Waals surface area contributed by atoms with E-state index in [2.05, 4.69) is 43.4 Å². The van der Waals surface area contributed by atoms with Gasteiger partial charge in [-0.3, -0.25) is 0 Å². The third-order valence-electron chi connectivity index (χ3n) is 5.07. The van der Waals surface area contributed by atoms with Crippen molar-refractivity contribution >= 4 is 40.3 Å². The summed E-state index contributed by atoms with van der Waals surface area (Å²) in [6.07, 6.45) is -1.25. The van der Waals surface area contributed by atoms with E-state index in [0.717, 1.165) is 14.7 Å². The van der Waals surface area contributed by atoms with Gasteiger partial charge in [-0.05, 0) is 69.8 Å². The average Bonchev–Trinajstić information content (AvgIpc) is 2.58. The molecular formula is C21H25ClINO3. The van der Waals surface area contributed by atoms with E-state index in [0.29, 0.717) is 11.4 Å². The lowest BCUT2D eigenvalue weighted by atomic mass is 9.60. The van der Waals surface area contributed by atoms with Crippen molar-refractivity contribution in [1.82, 2.24) is 0 Å². The maximum atomic E-state index is 11.4. The van der Waals surface area contributed by atoms with E-state index in [9.17, 15) is 9.90 Å². The van der Waals surface area contributed by atoms with Crippen molar-refractivity contribution < 1.29 is 14.6 Å². The zero-order chi connectivity index (χ0) is 20.2. The molecule has 4 nitrogen and oxygen atoms in total. The highest BCUT2D eigenvalue weighted by molar-refractivity contribution is 14.1. The normalized spacial score (nSPS) is 15.0. The number of hydrogen-bond acceptors (Lipinski definition) is 3. The van der Waals surface area contributed by atoms with Crippen molar-refractivity contribution in [3.63, 3.8) is 0 Å². The number of amides is 1. The van der Waals surface area contributed by atoms with Crippen LogP contribution in [0, 0.1) is 8.99 Å². The highest BCUT2D eigenvalue weighted by Gasteiger charge is 2.46. The number of nitrogens with two attached hydrogens (primary N) is 1. The summed E-state index contributed by atoms with van der Waals surface area (Å²) in [4.78, 5) is 11.4. The molecule has 1 unspecified atom stereocenters. The summed E-state index contributed by atoms with van der Waals surface area (Å²) in [5, 5.41) is 11.6. The fourth-order valence-corrected chi connectivity index (χ4v) is 3.90. The molecule has 2 rings (SSSR count). The number of halogens is 2. The van der Waals surface area contributed by atoms with Crippen LogP contribution in [-0.4, -0.2) is 17.8 Å². The highest BCUT2D eigenvalue weighted by Crippen LogP contribution is 2.48. The van der Waals surface area contributed by atoms with Gasteiger partial charge in [-0.15, -0.1) is 0 Å². The first-order valence-electron chi connectivity index (χ1n) is 8.67. The lowest BCUT2D eigenvalue weighted by molar-refractivity contribution is 0.0224. The van der Waals surface area contributed by atoms with Gasteiger partial charge in [0.2, 0.25) is 0 Å². The number of ether oxygens (including phenoxy) is 1. The quantitative estimate of drug-likeness (QED) is 0.517. The van der Waals surface area contributed by atoms with E-state index in [-0.39, 0.29) is 12.0 Å². The molecule has 0 fully saturated rings. The Labute approximate surface area is 179 Å². The Balaban J connectivity index is 2.52. The maximum absolute atomic E-state index is 11.4. The van der Waals surface area contributed by atoms with Crippen molar-refractivity contribution in [2.24, 2.45) is 11.1 Å². The SMILES string of the molecule is CC(C)(C)C(COC(N)=O)(C[C@@H](O)c1cccc(Cl)c1)c1ccc(I)cc1. The van der Waals surface area contributed by atoms with Crippen LogP contribution in [0.2, 0.25) is 5.02 Å². The summed E-state index contributed by atoms with van der Waals surface area (Å²) in [6, 6.07) is 15.2. The van der Waals surface area contributed by atoms with Gasteiger partial charge in [-0.2, -0.15) is 0 Å². The zero-order valence-corrected chi connectivity index (χ0v) is 18.6. The predicted octanol–water partition coefficient (Wildman–Crippen LogP) is 5.45. The van der Waals surface area contributed by atoms with Gasteiger partial charge in [-0.1, -0.05) is 56.6 Å². The van der Waals surface area contributed by atoms with Crippen LogP contribution in [0.25, 0.3) is 0 Å². The van der Waals surface area contributed by atoms with Gasteiger partial charge in [0.15, 0.2) is 0 Å². The second-order valence-corrected chi connectivity index (χ2v) is 9.40. The molecule has 0 radical (unpaired) electrons. The Kier molecular flexibility index (Phi) is 7.16. The van der Waals surface area contributed by atoms with E-state index in [1.807, 2.05) is 36.4 Å². The van der Waals surface area contributed by atoms with Crippen LogP contribution < -0.4 is 5.73 Å². The van der Waals surface area contributed by atoms with E-state index < -0.39 is 17.6 Å². The maximum Gasteiger partial charge on any atom is 0.404 e. The molecule has 0 aromatic heterocycles. The summed E-state index contributed by atoms with van der Waals surface area (Å²) < 4.78 is 6.38. The molecule has 0 spiro atoms.